The molecule has 2 amide bonds. The topological polar surface area (TPSA) is 49.4 Å². The third-order valence-electron chi connectivity index (χ3n) is 4.26. The number of fused-ring (bicyclic) bond motifs is 1. The highest BCUT2D eigenvalue weighted by Gasteiger charge is 2.28. The van der Waals surface area contributed by atoms with Crippen molar-refractivity contribution in [2.45, 2.75) is 19.3 Å². The van der Waals surface area contributed by atoms with Crippen molar-refractivity contribution in [2.24, 2.45) is 5.92 Å². The number of hydrogen-bond acceptors (Lipinski definition) is 3. The Morgan fingerprint density at radius 1 is 1.32 bits per heavy atom. The van der Waals surface area contributed by atoms with Crippen molar-refractivity contribution in [2.75, 3.05) is 19.4 Å². The van der Waals surface area contributed by atoms with Crippen molar-refractivity contribution < 1.29 is 14.0 Å². The number of thiophene rings is 1. The molecule has 132 valence electrons. The van der Waals surface area contributed by atoms with Gasteiger partial charge in [-0.25, -0.2) is 4.39 Å². The predicted molar refractivity (Wildman–Crippen MR) is 97.9 cm³/mol. The van der Waals surface area contributed by atoms with E-state index in [9.17, 15) is 14.0 Å². The fraction of sp³-hybridized carbons (Fsp3) is 0.333. The Morgan fingerprint density at radius 3 is 2.80 bits per heavy atom. The lowest BCUT2D eigenvalue weighted by Gasteiger charge is -2.21. The van der Waals surface area contributed by atoms with Crippen LogP contribution in [0.2, 0.25) is 5.02 Å². The van der Waals surface area contributed by atoms with Gasteiger partial charge in [0.1, 0.15) is 5.82 Å². The Hall–Kier alpha value is -1.92. The van der Waals surface area contributed by atoms with Gasteiger partial charge in [-0.05, 0) is 49.1 Å². The highest BCUT2D eigenvalue weighted by Crippen LogP contribution is 2.33. The monoisotopic (exact) mass is 380 g/mol. The lowest BCUT2D eigenvalue weighted by molar-refractivity contribution is -0.120. The minimum absolute atomic E-state index is 0.0265. The van der Waals surface area contributed by atoms with Gasteiger partial charge in [0, 0.05) is 29.9 Å². The number of carbonyl (C=O) groups excluding carboxylic acids is 2. The Kier molecular flexibility index (Phi) is 5.11. The van der Waals surface area contributed by atoms with Crippen molar-refractivity contribution in [1.82, 2.24) is 4.90 Å². The lowest BCUT2D eigenvalue weighted by Crippen LogP contribution is -2.28. The van der Waals surface area contributed by atoms with E-state index in [1.54, 1.807) is 19.0 Å². The van der Waals surface area contributed by atoms with Crippen LogP contribution in [0.25, 0.3) is 0 Å². The van der Waals surface area contributed by atoms with Gasteiger partial charge in [0.05, 0.1) is 10.6 Å². The van der Waals surface area contributed by atoms with Crippen molar-refractivity contribution in [3.63, 3.8) is 0 Å². The van der Waals surface area contributed by atoms with Gasteiger partial charge in [0.25, 0.3) is 5.91 Å². The fourth-order valence-corrected chi connectivity index (χ4v) is 4.30. The second kappa shape index (κ2) is 7.14. The average molecular weight is 381 g/mol. The van der Waals surface area contributed by atoms with Gasteiger partial charge in [-0.3, -0.25) is 9.59 Å². The lowest BCUT2D eigenvalue weighted by atomic mass is 9.87. The average Bonchev–Trinajstić information content (AvgIpc) is 3.00. The molecule has 1 aromatic heterocycles. The second-order valence-electron chi connectivity index (χ2n) is 6.31. The van der Waals surface area contributed by atoms with Gasteiger partial charge in [-0.1, -0.05) is 11.6 Å². The third kappa shape index (κ3) is 3.85. The molecule has 0 saturated heterocycles. The molecule has 0 unspecified atom stereocenters. The van der Waals surface area contributed by atoms with Crippen LogP contribution in [0.15, 0.2) is 24.3 Å². The van der Waals surface area contributed by atoms with Gasteiger partial charge in [0.2, 0.25) is 5.91 Å². The number of aryl methyl sites for hydroxylation is 1. The molecule has 1 atom stereocenters. The summed E-state index contributed by atoms with van der Waals surface area (Å²) >= 11 is 7.35. The van der Waals surface area contributed by atoms with E-state index in [4.69, 9.17) is 11.6 Å². The summed E-state index contributed by atoms with van der Waals surface area (Å²) in [6.45, 7) is 0. The summed E-state index contributed by atoms with van der Waals surface area (Å²) < 4.78 is 13.8. The minimum Gasteiger partial charge on any atom is -0.344 e. The Morgan fingerprint density at radius 2 is 2.08 bits per heavy atom. The highest BCUT2D eigenvalue weighted by molar-refractivity contribution is 7.14. The van der Waals surface area contributed by atoms with E-state index in [-0.39, 0.29) is 23.4 Å². The van der Waals surface area contributed by atoms with Gasteiger partial charge >= 0.3 is 0 Å². The molecule has 0 spiro atoms. The summed E-state index contributed by atoms with van der Waals surface area (Å²) in [6, 6.07) is 5.95. The molecule has 4 nitrogen and oxygen atoms in total. The SMILES string of the molecule is CN(C)C(=O)c1cc2c(s1)CC[C@@H](C(=O)Nc1cc(Cl)ccc1F)C2. The number of amides is 2. The number of nitrogens with one attached hydrogen (secondary N) is 1. The zero-order chi connectivity index (χ0) is 18.1. The van der Waals surface area contributed by atoms with E-state index in [2.05, 4.69) is 5.32 Å². The summed E-state index contributed by atoms with van der Waals surface area (Å²) in [6.07, 6.45) is 1.98. The summed E-state index contributed by atoms with van der Waals surface area (Å²) in [5.74, 6) is -1.01. The molecule has 2 aromatic rings. The molecule has 0 bridgehead atoms. The maximum absolute atomic E-state index is 13.8. The second-order valence-corrected chi connectivity index (χ2v) is 7.88. The first-order valence-corrected chi connectivity index (χ1v) is 9.13. The molecule has 0 radical (unpaired) electrons. The summed E-state index contributed by atoms with van der Waals surface area (Å²) in [7, 11) is 3.44. The summed E-state index contributed by atoms with van der Waals surface area (Å²) in [5, 5.41) is 3.00. The number of halogens is 2. The van der Waals surface area contributed by atoms with Crippen molar-refractivity contribution in [3.8, 4) is 0 Å². The fourth-order valence-electron chi connectivity index (χ4n) is 2.90. The molecular weight excluding hydrogens is 363 g/mol. The molecule has 1 aliphatic rings. The molecule has 0 saturated carbocycles. The zero-order valence-corrected chi connectivity index (χ0v) is 15.5. The van der Waals surface area contributed by atoms with Crippen LogP contribution in [0.3, 0.4) is 0 Å². The van der Waals surface area contributed by atoms with Crippen molar-refractivity contribution in [1.29, 1.82) is 0 Å². The molecule has 0 fully saturated rings. The minimum atomic E-state index is -0.511. The van der Waals surface area contributed by atoms with Gasteiger partial charge in [-0.15, -0.1) is 11.3 Å². The van der Waals surface area contributed by atoms with Crippen LogP contribution in [0.4, 0.5) is 10.1 Å². The first-order valence-electron chi connectivity index (χ1n) is 7.94. The van der Waals surface area contributed by atoms with Gasteiger partial charge in [-0.2, -0.15) is 0 Å². The molecule has 7 heteroatoms. The van der Waals surface area contributed by atoms with E-state index in [1.165, 1.54) is 29.5 Å². The third-order valence-corrected chi connectivity index (χ3v) is 5.72. The number of anilines is 1. The first kappa shape index (κ1) is 17.9. The van der Waals surface area contributed by atoms with E-state index in [0.29, 0.717) is 22.7 Å². The Labute approximate surface area is 154 Å². The number of rotatable bonds is 3. The van der Waals surface area contributed by atoms with Crippen LogP contribution in [-0.2, 0) is 17.6 Å². The predicted octanol–water partition coefficient (Wildman–Crippen LogP) is 3.99. The highest BCUT2D eigenvalue weighted by atomic mass is 35.5. The van der Waals surface area contributed by atoms with Crippen LogP contribution >= 0.6 is 22.9 Å². The largest absolute Gasteiger partial charge is 0.344 e. The molecule has 0 aliphatic heterocycles. The number of benzene rings is 1. The van der Waals surface area contributed by atoms with Gasteiger partial charge in [0.15, 0.2) is 0 Å². The molecule has 1 heterocycles. The van der Waals surface area contributed by atoms with E-state index < -0.39 is 5.82 Å². The summed E-state index contributed by atoms with van der Waals surface area (Å²) in [4.78, 5) is 28.0. The van der Waals surface area contributed by atoms with E-state index in [0.717, 1.165) is 16.9 Å². The zero-order valence-electron chi connectivity index (χ0n) is 13.9. The van der Waals surface area contributed by atoms with Crippen LogP contribution in [0, 0.1) is 11.7 Å². The maximum atomic E-state index is 13.8. The molecule has 1 aromatic carbocycles. The van der Waals surface area contributed by atoms with E-state index >= 15 is 0 Å². The van der Waals surface area contributed by atoms with Crippen LogP contribution in [-0.4, -0.2) is 30.8 Å². The van der Waals surface area contributed by atoms with Crippen LogP contribution < -0.4 is 5.32 Å². The molecule has 3 rings (SSSR count). The Balaban J connectivity index is 1.73. The number of hydrogen-bond donors (Lipinski definition) is 1. The Bertz CT molecular complexity index is 834. The molecular formula is C18H18ClFN2O2S. The van der Waals surface area contributed by atoms with Crippen LogP contribution in [0.1, 0.15) is 26.5 Å². The summed E-state index contributed by atoms with van der Waals surface area (Å²) in [5.41, 5.74) is 1.13. The smallest absolute Gasteiger partial charge is 0.263 e. The van der Waals surface area contributed by atoms with Gasteiger partial charge < -0.3 is 10.2 Å². The molecule has 1 aliphatic carbocycles. The standard InChI is InChI=1S/C18H18ClFN2O2S/c1-22(2)18(24)16-8-11-7-10(3-6-15(11)25-16)17(23)21-14-9-12(19)4-5-13(14)20/h4-5,8-10H,3,6-7H2,1-2H3,(H,21,23)/t10-/m1/s1. The maximum Gasteiger partial charge on any atom is 0.263 e. The normalized spacial score (nSPS) is 16.2. The first-order chi connectivity index (χ1) is 11.8. The molecule has 1 N–H and O–H groups in total. The number of nitrogens with zero attached hydrogens (tertiary/aromatic N) is 1. The van der Waals surface area contributed by atoms with Crippen LogP contribution in [0.5, 0.6) is 0 Å². The quantitative estimate of drug-likeness (QED) is 0.875. The van der Waals surface area contributed by atoms with E-state index in [1.807, 2.05) is 6.07 Å². The van der Waals surface area contributed by atoms with Crippen molar-refractivity contribution >= 4 is 40.4 Å². The molecule has 25 heavy (non-hydrogen) atoms. The number of carbonyl (C=O) groups is 2. The van der Waals surface area contributed by atoms with Crippen molar-refractivity contribution in [3.05, 3.63) is 50.4 Å².